The van der Waals surface area contributed by atoms with Gasteiger partial charge in [-0.3, -0.25) is 4.79 Å². The van der Waals surface area contributed by atoms with Gasteiger partial charge in [-0.25, -0.2) is 0 Å². The van der Waals surface area contributed by atoms with E-state index in [-0.39, 0.29) is 18.6 Å². The summed E-state index contributed by atoms with van der Waals surface area (Å²) in [6, 6.07) is 5.91. The Kier molecular flexibility index (Phi) is 3.71. The Morgan fingerprint density at radius 3 is 2.94 bits per heavy atom. The molecule has 0 radical (unpaired) electrons. The summed E-state index contributed by atoms with van der Waals surface area (Å²) in [5.74, 6) is 0.508. The van der Waals surface area contributed by atoms with Crippen molar-refractivity contribution in [2.75, 3.05) is 31.8 Å². The average molecular weight is 252 g/mol. The van der Waals surface area contributed by atoms with Crippen LogP contribution in [0.1, 0.15) is 11.6 Å². The second kappa shape index (κ2) is 5.08. The van der Waals surface area contributed by atoms with E-state index in [2.05, 4.69) is 5.32 Å². The Labute approximate surface area is 105 Å². The molecule has 4 nitrogen and oxygen atoms in total. The van der Waals surface area contributed by atoms with Crippen molar-refractivity contribution in [1.29, 1.82) is 0 Å². The first-order chi connectivity index (χ1) is 8.11. The van der Waals surface area contributed by atoms with Crippen LogP contribution in [-0.2, 0) is 4.79 Å². The Morgan fingerprint density at radius 2 is 2.29 bits per heavy atom. The third kappa shape index (κ3) is 2.62. The lowest BCUT2D eigenvalue weighted by Gasteiger charge is -2.24. The number of hydrogen-bond donors (Lipinski definition) is 2. The van der Waals surface area contributed by atoms with Crippen LogP contribution >= 0.6 is 11.8 Å². The van der Waals surface area contributed by atoms with E-state index in [0.29, 0.717) is 5.75 Å². The van der Waals surface area contributed by atoms with E-state index in [0.717, 1.165) is 16.1 Å². The third-order valence-corrected chi connectivity index (χ3v) is 3.89. The molecule has 1 atom stereocenters. The molecular weight excluding hydrogens is 236 g/mol. The topological polar surface area (TPSA) is 52.6 Å². The Bertz CT molecular complexity index is 435. The standard InChI is InChI=1S/C12H16N2O2S/c1-14(2)10(6-15)8-3-4-11-9(5-8)13-12(16)7-17-11/h3-5,10,15H,6-7H2,1-2H3,(H,13,16). The number of likely N-dealkylation sites (N-methyl/N-ethyl adjacent to an activating group) is 1. The van der Waals surface area contributed by atoms with Crippen molar-refractivity contribution in [3.63, 3.8) is 0 Å². The van der Waals surface area contributed by atoms with Crippen LogP contribution in [0.25, 0.3) is 0 Å². The molecule has 17 heavy (non-hydrogen) atoms. The number of amides is 1. The monoisotopic (exact) mass is 252 g/mol. The lowest BCUT2D eigenvalue weighted by Crippen LogP contribution is -2.24. The van der Waals surface area contributed by atoms with E-state index in [9.17, 15) is 9.90 Å². The SMILES string of the molecule is CN(C)C(CO)c1ccc2c(c1)NC(=O)CS2. The first-order valence-corrected chi connectivity index (χ1v) is 6.44. The zero-order valence-electron chi connectivity index (χ0n) is 9.93. The number of carbonyl (C=O) groups is 1. The number of thioether (sulfide) groups is 1. The van der Waals surface area contributed by atoms with E-state index in [4.69, 9.17) is 0 Å². The first-order valence-electron chi connectivity index (χ1n) is 5.45. The van der Waals surface area contributed by atoms with Gasteiger partial charge in [-0.1, -0.05) is 6.07 Å². The number of anilines is 1. The average Bonchev–Trinajstić information content (AvgIpc) is 2.29. The van der Waals surface area contributed by atoms with Crippen LogP contribution in [0.3, 0.4) is 0 Å². The fourth-order valence-electron chi connectivity index (χ4n) is 1.87. The second-order valence-electron chi connectivity index (χ2n) is 4.25. The molecule has 1 heterocycles. The highest BCUT2D eigenvalue weighted by molar-refractivity contribution is 8.00. The summed E-state index contributed by atoms with van der Waals surface area (Å²) in [4.78, 5) is 14.4. The van der Waals surface area contributed by atoms with Crippen molar-refractivity contribution < 1.29 is 9.90 Å². The van der Waals surface area contributed by atoms with Crippen LogP contribution in [0.4, 0.5) is 5.69 Å². The summed E-state index contributed by atoms with van der Waals surface area (Å²) < 4.78 is 0. The molecule has 2 rings (SSSR count). The van der Waals surface area contributed by atoms with Gasteiger partial charge in [0.05, 0.1) is 24.1 Å². The summed E-state index contributed by atoms with van der Waals surface area (Å²) in [5, 5.41) is 12.2. The molecule has 1 aromatic carbocycles. The highest BCUT2D eigenvalue weighted by Gasteiger charge is 2.19. The Balaban J connectivity index is 2.32. The van der Waals surface area contributed by atoms with E-state index >= 15 is 0 Å². The predicted octanol–water partition coefficient (Wildman–Crippen LogP) is 1.33. The molecule has 0 saturated carbocycles. The normalized spacial score (nSPS) is 16.6. The van der Waals surface area contributed by atoms with Gasteiger partial charge in [0.2, 0.25) is 5.91 Å². The fraction of sp³-hybridized carbons (Fsp3) is 0.417. The van der Waals surface area contributed by atoms with Gasteiger partial charge in [0.15, 0.2) is 0 Å². The van der Waals surface area contributed by atoms with Crippen LogP contribution < -0.4 is 5.32 Å². The Morgan fingerprint density at radius 1 is 1.53 bits per heavy atom. The van der Waals surface area contributed by atoms with Gasteiger partial charge in [-0.05, 0) is 31.8 Å². The van der Waals surface area contributed by atoms with Crippen molar-refractivity contribution >= 4 is 23.4 Å². The van der Waals surface area contributed by atoms with Crippen molar-refractivity contribution in [2.45, 2.75) is 10.9 Å². The maximum atomic E-state index is 11.3. The zero-order valence-corrected chi connectivity index (χ0v) is 10.8. The molecule has 92 valence electrons. The molecule has 0 saturated heterocycles. The van der Waals surface area contributed by atoms with Gasteiger partial charge in [0.25, 0.3) is 0 Å². The zero-order chi connectivity index (χ0) is 12.4. The number of hydrogen-bond acceptors (Lipinski definition) is 4. The maximum Gasteiger partial charge on any atom is 0.234 e. The molecule has 0 aromatic heterocycles. The molecule has 0 fully saturated rings. The van der Waals surface area contributed by atoms with Gasteiger partial charge in [-0.15, -0.1) is 11.8 Å². The third-order valence-electron chi connectivity index (χ3n) is 2.82. The summed E-state index contributed by atoms with van der Waals surface area (Å²) in [6.07, 6.45) is 0. The number of aliphatic hydroxyl groups is 1. The van der Waals surface area contributed by atoms with Crippen LogP contribution in [0.2, 0.25) is 0 Å². The lowest BCUT2D eigenvalue weighted by atomic mass is 10.1. The molecule has 0 spiro atoms. The minimum Gasteiger partial charge on any atom is -0.394 e. The smallest absolute Gasteiger partial charge is 0.234 e. The maximum absolute atomic E-state index is 11.3. The van der Waals surface area contributed by atoms with E-state index in [1.54, 1.807) is 11.8 Å². The van der Waals surface area contributed by atoms with Crippen molar-refractivity contribution in [3.05, 3.63) is 23.8 Å². The predicted molar refractivity (Wildman–Crippen MR) is 69.3 cm³/mol. The van der Waals surface area contributed by atoms with Crippen molar-refractivity contribution in [2.24, 2.45) is 0 Å². The highest BCUT2D eigenvalue weighted by Crippen LogP contribution is 2.33. The lowest BCUT2D eigenvalue weighted by molar-refractivity contribution is -0.113. The van der Waals surface area contributed by atoms with Crippen LogP contribution in [-0.4, -0.2) is 42.4 Å². The minimum atomic E-state index is -0.0378. The quantitative estimate of drug-likeness (QED) is 0.852. The van der Waals surface area contributed by atoms with Gasteiger partial charge < -0.3 is 15.3 Å². The first kappa shape index (κ1) is 12.4. The minimum absolute atomic E-state index is 0.0325. The number of benzene rings is 1. The summed E-state index contributed by atoms with van der Waals surface area (Å²) in [7, 11) is 3.85. The van der Waals surface area contributed by atoms with E-state index in [1.807, 2.05) is 37.2 Å². The van der Waals surface area contributed by atoms with Crippen LogP contribution in [0.5, 0.6) is 0 Å². The molecule has 5 heteroatoms. The van der Waals surface area contributed by atoms with E-state index < -0.39 is 0 Å². The van der Waals surface area contributed by atoms with Gasteiger partial charge in [0, 0.05) is 4.90 Å². The molecule has 1 aromatic rings. The number of aliphatic hydroxyl groups excluding tert-OH is 1. The molecule has 2 N–H and O–H groups in total. The van der Waals surface area contributed by atoms with Gasteiger partial charge >= 0.3 is 0 Å². The number of nitrogens with one attached hydrogen (secondary N) is 1. The summed E-state index contributed by atoms with van der Waals surface area (Å²) >= 11 is 1.55. The van der Waals surface area contributed by atoms with Crippen LogP contribution in [0, 0.1) is 0 Å². The molecule has 1 aliphatic heterocycles. The largest absolute Gasteiger partial charge is 0.394 e. The van der Waals surface area contributed by atoms with Crippen LogP contribution in [0.15, 0.2) is 23.1 Å². The summed E-state index contributed by atoms with van der Waals surface area (Å²) in [5.41, 5.74) is 1.86. The van der Waals surface area contributed by atoms with Gasteiger partial charge in [0.1, 0.15) is 0 Å². The second-order valence-corrected chi connectivity index (χ2v) is 5.27. The van der Waals surface area contributed by atoms with Crippen molar-refractivity contribution in [1.82, 2.24) is 4.90 Å². The summed E-state index contributed by atoms with van der Waals surface area (Å²) in [6.45, 7) is 0.0624. The number of nitrogens with zero attached hydrogens (tertiary/aromatic N) is 1. The highest BCUT2D eigenvalue weighted by atomic mass is 32.2. The molecule has 1 amide bonds. The fourth-order valence-corrected chi connectivity index (χ4v) is 2.66. The van der Waals surface area contributed by atoms with E-state index in [1.165, 1.54) is 0 Å². The number of carbonyl (C=O) groups excluding carboxylic acids is 1. The molecule has 0 aliphatic carbocycles. The number of rotatable bonds is 3. The number of fused-ring (bicyclic) bond motifs is 1. The molecule has 1 aliphatic rings. The molecular formula is C12H16N2O2S. The molecule has 1 unspecified atom stereocenters. The Hall–Kier alpha value is -1.04. The van der Waals surface area contributed by atoms with Gasteiger partial charge in [-0.2, -0.15) is 0 Å². The van der Waals surface area contributed by atoms with Crippen molar-refractivity contribution in [3.8, 4) is 0 Å². The molecule has 0 bridgehead atoms.